The summed E-state index contributed by atoms with van der Waals surface area (Å²) in [5.74, 6) is 0.424. The molecule has 3 rings (SSSR count). The number of rotatable bonds is 7. The van der Waals surface area contributed by atoms with E-state index in [2.05, 4.69) is 52.5 Å². The van der Waals surface area contributed by atoms with Gasteiger partial charge in [-0.2, -0.15) is 0 Å². The van der Waals surface area contributed by atoms with Crippen LogP contribution in [0.3, 0.4) is 0 Å². The molecule has 0 fully saturated rings. The van der Waals surface area contributed by atoms with Crippen molar-refractivity contribution in [1.29, 1.82) is 0 Å². The largest absolute Gasteiger partial charge is 0.466 e. The topological polar surface area (TPSA) is 64.1 Å². The summed E-state index contributed by atoms with van der Waals surface area (Å²) in [5, 5.41) is 3.28. The van der Waals surface area contributed by atoms with E-state index in [1.807, 2.05) is 32.0 Å². The summed E-state index contributed by atoms with van der Waals surface area (Å²) >= 11 is 0. The minimum absolute atomic E-state index is 0.159. The molecule has 0 aliphatic carbocycles. The van der Waals surface area contributed by atoms with Gasteiger partial charge in [-0.3, -0.25) is 4.79 Å². The number of carbonyl (C=O) groups excluding carboxylic acids is 1. The fourth-order valence-corrected chi connectivity index (χ4v) is 3.05. The summed E-state index contributed by atoms with van der Waals surface area (Å²) in [7, 11) is 0. The molecule has 0 amide bonds. The van der Waals surface area contributed by atoms with E-state index >= 15 is 0 Å². The maximum atomic E-state index is 11.6. The lowest BCUT2D eigenvalue weighted by Gasteiger charge is -2.11. The molecule has 5 nitrogen and oxygen atoms in total. The van der Waals surface area contributed by atoms with Gasteiger partial charge in [0.15, 0.2) is 0 Å². The predicted molar refractivity (Wildman–Crippen MR) is 112 cm³/mol. The van der Waals surface area contributed by atoms with Crippen LogP contribution < -0.4 is 5.32 Å². The Kier molecular flexibility index (Phi) is 6.37. The molecule has 3 aromatic rings. The molecule has 144 valence electrons. The average Bonchev–Trinajstić information content (AvgIpc) is 2.66. The Morgan fingerprint density at radius 3 is 2.71 bits per heavy atom. The first-order valence-corrected chi connectivity index (χ1v) is 9.47. The second-order valence-electron chi connectivity index (χ2n) is 6.74. The average molecular weight is 375 g/mol. The first kappa shape index (κ1) is 19.5. The SMILES string of the molecule is CCOC(=O)CCc1cccc(-c2cc(C)cc(Nc3nccc(C)n3)c2)c1. The second kappa shape index (κ2) is 9.13. The quantitative estimate of drug-likeness (QED) is 0.589. The van der Waals surface area contributed by atoms with Crippen LogP contribution in [0, 0.1) is 13.8 Å². The number of nitrogens with one attached hydrogen (secondary N) is 1. The van der Waals surface area contributed by atoms with Gasteiger partial charge in [0.05, 0.1) is 6.61 Å². The van der Waals surface area contributed by atoms with Gasteiger partial charge < -0.3 is 10.1 Å². The molecule has 0 aliphatic heterocycles. The molecule has 1 heterocycles. The first-order chi connectivity index (χ1) is 13.5. The third kappa shape index (κ3) is 5.39. The lowest BCUT2D eigenvalue weighted by Crippen LogP contribution is -2.05. The molecular formula is C23H25N3O2. The Bertz CT molecular complexity index is 970. The fourth-order valence-electron chi connectivity index (χ4n) is 3.05. The van der Waals surface area contributed by atoms with E-state index in [-0.39, 0.29) is 5.97 Å². The molecule has 0 spiro atoms. The number of carbonyl (C=O) groups is 1. The van der Waals surface area contributed by atoms with Crippen molar-refractivity contribution in [1.82, 2.24) is 9.97 Å². The van der Waals surface area contributed by atoms with Crippen LogP contribution in [-0.2, 0) is 16.0 Å². The number of aromatic nitrogens is 2. The molecule has 0 saturated heterocycles. The van der Waals surface area contributed by atoms with Crippen molar-refractivity contribution in [3.63, 3.8) is 0 Å². The Morgan fingerprint density at radius 1 is 1.07 bits per heavy atom. The Hall–Kier alpha value is -3.21. The Morgan fingerprint density at radius 2 is 1.93 bits per heavy atom. The van der Waals surface area contributed by atoms with Crippen molar-refractivity contribution >= 4 is 17.6 Å². The molecule has 2 aromatic carbocycles. The summed E-state index contributed by atoms with van der Waals surface area (Å²) in [5.41, 5.74) is 6.33. The third-order valence-electron chi connectivity index (χ3n) is 4.31. The number of hydrogen-bond donors (Lipinski definition) is 1. The molecule has 0 atom stereocenters. The monoisotopic (exact) mass is 375 g/mol. The molecule has 0 aliphatic rings. The summed E-state index contributed by atoms with van der Waals surface area (Å²) < 4.78 is 5.02. The number of aryl methyl sites for hydroxylation is 3. The lowest BCUT2D eigenvalue weighted by molar-refractivity contribution is -0.143. The molecule has 0 bridgehead atoms. The van der Waals surface area contributed by atoms with Gasteiger partial charge in [0.2, 0.25) is 5.95 Å². The van der Waals surface area contributed by atoms with Gasteiger partial charge in [-0.05, 0) is 67.6 Å². The van der Waals surface area contributed by atoms with Crippen LogP contribution in [0.4, 0.5) is 11.6 Å². The molecular weight excluding hydrogens is 350 g/mol. The summed E-state index contributed by atoms with van der Waals surface area (Å²) in [6.07, 6.45) is 2.80. The van der Waals surface area contributed by atoms with Crippen LogP contribution in [-0.4, -0.2) is 22.5 Å². The number of ether oxygens (including phenoxy) is 1. The summed E-state index contributed by atoms with van der Waals surface area (Å²) in [6, 6.07) is 16.4. The van der Waals surface area contributed by atoms with Gasteiger partial charge in [-0.1, -0.05) is 30.3 Å². The lowest BCUT2D eigenvalue weighted by atomic mass is 9.99. The molecule has 0 unspecified atom stereocenters. The zero-order chi connectivity index (χ0) is 19.9. The second-order valence-corrected chi connectivity index (χ2v) is 6.74. The molecule has 5 heteroatoms. The van der Waals surface area contributed by atoms with Gasteiger partial charge in [-0.25, -0.2) is 9.97 Å². The van der Waals surface area contributed by atoms with E-state index in [0.29, 0.717) is 25.4 Å². The van der Waals surface area contributed by atoms with E-state index < -0.39 is 0 Å². The number of anilines is 2. The van der Waals surface area contributed by atoms with E-state index in [4.69, 9.17) is 4.74 Å². The normalized spacial score (nSPS) is 10.5. The van der Waals surface area contributed by atoms with Crippen LogP contribution in [0.2, 0.25) is 0 Å². The number of nitrogens with zero attached hydrogens (tertiary/aromatic N) is 2. The minimum Gasteiger partial charge on any atom is -0.466 e. The smallest absolute Gasteiger partial charge is 0.306 e. The van der Waals surface area contributed by atoms with Crippen molar-refractivity contribution in [2.75, 3.05) is 11.9 Å². The van der Waals surface area contributed by atoms with Crippen molar-refractivity contribution < 1.29 is 9.53 Å². The molecule has 0 saturated carbocycles. The summed E-state index contributed by atoms with van der Waals surface area (Å²) in [6.45, 7) is 6.25. The number of esters is 1. The van der Waals surface area contributed by atoms with Gasteiger partial charge in [0, 0.05) is 24.0 Å². The highest BCUT2D eigenvalue weighted by atomic mass is 16.5. The molecule has 28 heavy (non-hydrogen) atoms. The zero-order valence-electron chi connectivity index (χ0n) is 16.5. The molecule has 0 radical (unpaired) electrons. The highest BCUT2D eigenvalue weighted by molar-refractivity contribution is 5.72. The minimum atomic E-state index is -0.159. The highest BCUT2D eigenvalue weighted by Gasteiger charge is 2.07. The standard InChI is InChI=1S/C23H25N3O2/c1-4-28-22(27)9-8-18-6-5-7-19(14-18)20-12-16(2)13-21(15-20)26-23-24-11-10-17(3)25-23/h5-7,10-15H,4,8-9H2,1-3H3,(H,24,25,26). The van der Waals surface area contributed by atoms with E-state index in [9.17, 15) is 4.79 Å². The van der Waals surface area contributed by atoms with E-state index in [1.54, 1.807) is 6.20 Å². The maximum Gasteiger partial charge on any atom is 0.306 e. The van der Waals surface area contributed by atoms with Crippen LogP contribution in [0.25, 0.3) is 11.1 Å². The van der Waals surface area contributed by atoms with Crippen molar-refractivity contribution in [2.45, 2.75) is 33.6 Å². The zero-order valence-corrected chi connectivity index (χ0v) is 16.5. The van der Waals surface area contributed by atoms with Crippen molar-refractivity contribution in [3.05, 3.63) is 71.5 Å². The Labute approximate surface area is 165 Å². The van der Waals surface area contributed by atoms with Crippen LogP contribution in [0.5, 0.6) is 0 Å². The van der Waals surface area contributed by atoms with Crippen LogP contribution in [0.15, 0.2) is 54.7 Å². The summed E-state index contributed by atoms with van der Waals surface area (Å²) in [4.78, 5) is 20.3. The van der Waals surface area contributed by atoms with Crippen LogP contribution >= 0.6 is 0 Å². The first-order valence-electron chi connectivity index (χ1n) is 9.47. The van der Waals surface area contributed by atoms with Gasteiger partial charge >= 0.3 is 5.97 Å². The highest BCUT2D eigenvalue weighted by Crippen LogP contribution is 2.27. The van der Waals surface area contributed by atoms with E-state index in [0.717, 1.165) is 33.6 Å². The van der Waals surface area contributed by atoms with Crippen molar-refractivity contribution in [3.8, 4) is 11.1 Å². The van der Waals surface area contributed by atoms with Gasteiger partial charge in [-0.15, -0.1) is 0 Å². The van der Waals surface area contributed by atoms with E-state index in [1.165, 1.54) is 0 Å². The fraction of sp³-hybridized carbons (Fsp3) is 0.261. The van der Waals surface area contributed by atoms with Gasteiger partial charge in [0.25, 0.3) is 0 Å². The Balaban J connectivity index is 1.80. The van der Waals surface area contributed by atoms with Crippen molar-refractivity contribution in [2.24, 2.45) is 0 Å². The number of hydrogen-bond acceptors (Lipinski definition) is 5. The molecule has 1 aromatic heterocycles. The molecule has 1 N–H and O–H groups in total. The van der Waals surface area contributed by atoms with Gasteiger partial charge in [0.1, 0.15) is 0 Å². The number of benzene rings is 2. The predicted octanol–water partition coefficient (Wildman–Crippen LogP) is 5.00. The van der Waals surface area contributed by atoms with Crippen LogP contribution in [0.1, 0.15) is 30.2 Å². The maximum absolute atomic E-state index is 11.6. The third-order valence-corrected chi connectivity index (χ3v) is 4.31.